The Morgan fingerprint density at radius 2 is 1.56 bits per heavy atom. The maximum Gasteiger partial charge on any atom is 0.144 e. The molecule has 5 rings (SSSR count). The third kappa shape index (κ3) is 2.43. The van der Waals surface area contributed by atoms with Gasteiger partial charge in [-0.3, -0.25) is 4.98 Å². The zero-order valence-electron chi connectivity index (χ0n) is 16.5. The van der Waals surface area contributed by atoms with Crippen molar-refractivity contribution in [2.45, 2.75) is 51.4 Å². The first-order valence-corrected chi connectivity index (χ1v) is 9.78. The number of furan rings is 1. The van der Waals surface area contributed by atoms with Gasteiger partial charge in [0.1, 0.15) is 11.2 Å². The number of nitrogens with zero attached hydrogens (tertiary/aromatic N) is 1. The van der Waals surface area contributed by atoms with Crippen molar-refractivity contribution < 1.29 is 4.42 Å². The Kier molecular flexibility index (Phi) is 3.34. The molecule has 0 spiro atoms. The molecular weight excluding hydrogens is 330 g/mol. The van der Waals surface area contributed by atoms with E-state index in [1.807, 2.05) is 24.4 Å². The van der Waals surface area contributed by atoms with Gasteiger partial charge in [0.05, 0.1) is 5.69 Å². The van der Waals surface area contributed by atoms with Crippen LogP contribution in [0.5, 0.6) is 0 Å². The molecule has 136 valence electrons. The highest BCUT2D eigenvalue weighted by Gasteiger charge is 2.37. The third-order valence-electron chi connectivity index (χ3n) is 6.41. The average Bonchev–Trinajstić information content (AvgIpc) is 3.03. The summed E-state index contributed by atoms with van der Waals surface area (Å²) in [6.07, 6.45) is 4.26. The van der Waals surface area contributed by atoms with Crippen molar-refractivity contribution in [3.8, 4) is 11.3 Å². The van der Waals surface area contributed by atoms with Crippen LogP contribution in [0.2, 0.25) is 0 Å². The molecule has 2 heterocycles. The molecule has 0 aliphatic heterocycles. The molecule has 2 aromatic heterocycles. The summed E-state index contributed by atoms with van der Waals surface area (Å²) in [4.78, 5) is 4.53. The zero-order valence-corrected chi connectivity index (χ0v) is 16.5. The van der Waals surface area contributed by atoms with Gasteiger partial charge in [0.2, 0.25) is 0 Å². The van der Waals surface area contributed by atoms with Gasteiger partial charge >= 0.3 is 0 Å². The molecule has 4 aromatic rings. The van der Waals surface area contributed by atoms with E-state index in [1.165, 1.54) is 34.7 Å². The van der Waals surface area contributed by atoms with Crippen LogP contribution in [0.1, 0.15) is 51.7 Å². The largest absolute Gasteiger partial charge is 0.455 e. The molecule has 27 heavy (non-hydrogen) atoms. The maximum atomic E-state index is 6.43. The number of pyridine rings is 1. The second-order valence-electron chi connectivity index (χ2n) is 9.16. The molecule has 2 nitrogen and oxygen atoms in total. The summed E-state index contributed by atoms with van der Waals surface area (Å²) >= 11 is 0. The van der Waals surface area contributed by atoms with E-state index in [4.69, 9.17) is 4.42 Å². The van der Waals surface area contributed by atoms with E-state index in [-0.39, 0.29) is 10.8 Å². The zero-order chi connectivity index (χ0) is 18.8. The molecule has 0 saturated heterocycles. The van der Waals surface area contributed by atoms with Gasteiger partial charge in [0, 0.05) is 22.5 Å². The summed E-state index contributed by atoms with van der Waals surface area (Å²) in [6, 6.07) is 17.1. The molecule has 1 aliphatic carbocycles. The monoisotopic (exact) mass is 355 g/mol. The Balaban J connectivity index is 1.85. The van der Waals surface area contributed by atoms with E-state index in [0.29, 0.717) is 0 Å². The molecule has 0 radical (unpaired) electrons. The highest BCUT2D eigenvalue weighted by molar-refractivity contribution is 6.09. The number of fused-ring (bicyclic) bond motifs is 4. The number of aromatic nitrogens is 1. The molecule has 0 fully saturated rings. The molecular formula is C25H25NO. The van der Waals surface area contributed by atoms with Crippen LogP contribution in [-0.4, -0.2) is 4.98 Å². The van der Waals surface area contributed by atoms with Gasteiger partial charge in [0.15, 0.2) is 0 Å². The van der Waals surface area contributed by atoms with Crippen molar-refractivity contribution in [2.75, 3.05) is 0 Å². The third-order valence-corrected chi connectivity index (χ3v) is 6.41. The molecule has 1 aliphatic rings. The van der Waals surface area contributed by atoms with Gasteiger partial charge < -0.3 is 4.42 Å². The van der Waals surface area contributed by atoms with Crippen LogP contribution < -0.4 is 0 Å². The number of hydrogen-bond acceptors (Lipinski definition) is 2. The van der Waals surface area contributed by atoms with Crippen LogP contribution >= 0.6 is 0 Å². The van der Waals surface area contributed by atoms with E-state index >= 15 is 0 Å². The first-order chi connectivity index (χ1) is 12.9. The molecule has 0 atom stereocenters. The van der Waals surface area contributed by atoms with Gasteiger partial charge in [-0.15, -0.1) is 0 Å². The van der Waals surface area contributed by atoms with Crippen molar-refractivity contribution in [1.82, 2.24) is 4.98 Å². The van der Waals surface area contributed by atoms with Gasteiger partial charge in [-0.1, -0.05) is 45.9 Å². The van der Waals surface area contributed by atoms with Crippen molar-refractivity contribution in [2.24, 2.45) is 0 Å². The minimum absolute atomic E-state index is 0.182. The highest BCUT2D eigenvalue weighted by atomic mass is 16.3. The van der Waals surface area contributed by atoms with Crippen LogP contribution in [0, 0.1) is 0 Å². The van der Waals surface area contributed by atoms with Gasteiger partial charge in [-0.25, -0.2) is 0 Å². The molecule has 0 bridgehead atoms. The molecule has 2 aromatic carbocycles. The Labute approximate surface area is 160 Å². The fourth-order valence-corrected chi connectivity index (χ4v) is 4.58. The average molecular weight is 355 g/mol. The number of para-hydroxylation sites is 1. The summed E-state index contributed by atoms with van der Waals surface area (Å²) in [6.45, 7) is 9.45. The first-order valence-electron chi connectivity index (χ1n) is 9.78. The minimum atomic E-state index is 0.182. The number of benzene rings is 2. The van der Waals surface area contributed by atoms with E-state index < -0.39 is 0 Å². The molecule has 2 heteroatoms. The number of rotatable bonds is 1. The fourth-order valence-electron chi connectivity index (χ4n) is 4.58. The Bertz CT molecular complexity index is 1170. The summed E-state index contributed by atoms with van der Waals surface area (Å²) in [5.41, 5.74) is 7.21. The maximum absolute atomic E-state index is 6.43. The summed E-state index contributed by atoms with van der Waals surface area (Å²) in [5.74, 6) is 0. The van der Waals surface area contributed by atoms with Crippen molar-refractivity contribution >= 4 is 21.9 Å². The lowest BCUT2D eigenvalue weighted by Crippen LogP contribution is -2.33. The fraction of sp³-hybridized carbons (Fsp3) is 0.320. The van der Waals surface area contributed by atoms with Gasteiger partial charge in [-0.2, -0.15) is 0 Å². The molecule has 0 amide bonds. The summed E-state index contributed by atoms with van der Waals surface area (Å²) in [7, 11) is 0. The SMILES string of the molecule is CC1(C)CCC(C)(C)c2cc3c(cc21)oc1c(-c2ccccn2)cccc13. The van der Waals surface area contributed by atoms with Crippen molar-refractivity contribution in [3.05, 3.63) is 65.9 Å². The van der Waals surface area contributed by atoms with Gasteiger partial charge in [-0.05, 0) is 65.1 Å². The van der Waals surface area contributed by atoms with Crippen LogP contribution in [-0.2, 0) is 10.8 Å². The van der Waals surface area contributed by atoms with Gasteiger partial charge in [0.25, 0.3) is 0 Å². The summed E-state index contributed by atoms with van der Waals surface area (Å²) in [5, 5.41) is 2.39. The predicted octanol–water partition coefficient (Wildman–Crippen LogP) is 7.00. The predicted molar refractivity (Wildman–Crippen MR) is 112 cm³/mol. The summed E-state index contributed by atoms with van der Waals surface area (Å²) < 4.78 is 6.43. The molecule has 0 N–H and O–H groups in total. The highest BCUT2D eigenvalue weighted by Crippen LogP contribution is 2.48. The van der Waals surface area contributed by atoms with Crippen molar-refractivity contribution in [3.63, 3.8) is 0 Å². The normalized spacial score (nSPS) is 17.9. The lowest BCUT2D eigenvalue weighted by atomic mass is 9.63. The van der Waals surface area contributed by atoms with Crippen LogP contribution in [0.4, 0.5) is 0 Å². The minimum Gasteiger partial charge on any atom is -0.455 e. The van der Waals surface area contributed by atoms with Crippen molar-refractivity contribution in [1.29, 1.82) is 0 Å². The topological polar surface area (TPSA) is 26.0 Å². The van der Waals surface area contributed by atoms with Crippen LogP contribution in [0.25, 0.3) is 33.2 Å². The van der Waals surface area contributed by atoms with E-state index in [2.05, 4.69) is 63.0 Å². The smallest absolute Gasteiger partial charge is 0.144 e. The van der Waals surface area contributed by atoms with Crippen LogP contribution in [0.3, 0.4) is 0 Å². The second kappa shape index (κ2) is 5.45. The standard InChI is InChI=1S/C25H25NO/c1-24(2)11-12-25(3,4)20-15-22-18(14-19(20)24)16-8-7-9-17(23(16)27-22)21-10-5-6-13-26-21/h5-10,13-15H,11-12H2,1-4H3. The number of hydrogen-bond donors (Lipinski definition) is 0. The Morgan fingerprint density at radius 1 is 0.815 bits per heavy atom. The van der Waals surface area contributed by atoms with E-state index in [1.54, 1.807) is 0 Å². The van der Waals surface area contributed by atoms with E-state index in [0.717, 1.165) is 22.4 Å². The Hall–Kier alpha value is -2.61. The lowest BCUT2D eigenvalue weighted by molar-refractivity contribution is 0.332. The lowest BCUT2D eigenvalue weighted by Gasteiger charge is -2.41. The molecule has 0 unspecified atom stereocenters. The molecule has 0 saturated carbocycles. The second-order valence-corrected chi connectivity index (χ2v) is 9.16. The quantitative estimate of drug-likeness (QED) is 0.367. The van der Waals surface area contributed by atoms with E-state index in [9.17, 15) is 0 Å². The Morgan fingerprint density at radius 3 is 2.26 bits per heavy atom. The first kappa shape index (κ1) is 16.6. The van der Waals surface area contributed by atoms with Crippen LogP contribution in [0.15, 0.2) is 59.1 Å².